The number of nitrogens with two attached hydrogens (primary N) is 1. The average molecular weight is 296 g/mol. The Hall–Kier alpha value is -1.91. The molecule has 1 fully saturated rings. The molecule has 116 valence electrons. The summed E-state index contributed by atoms with van der Waals surface area (Å²) < 4.78 is 0. The van der Waals surface area contributed by atoms with Gasteiger partial charge in [0.25, 0.3) is 0 Å². The number of benzene rings is 1. The Morgan fingerprint density at radius 3 is 2.41 bits per heavy atom. The van der Waals surface area contributed by atoms with Crippen LogP contribution in [0.1, 0.15) is 22.7 Å². The molecule has 1 aromatic carbocycles. The van der Waals surface area contributed by atoms with Crippen molar-refractivity contribution < 1.29 is 0 Å². The number of nitrogens with zero attached hydrogens (tertiary/aromatic N) is 3. The minimum atomic E-state index is -0.116. The highest BCUT2D eigenvalue weighted by Crippen LogP contribution is 2.25. The van der Waals surface area contributed by atoms with Crippen LogP contribution in [0.25, 0.3) is 0 Å². The molecular formula is C18H24N4. The average Bonchev–Trinajstić information content (AvgIpc) is 2.56. The second-order valence-electron chi connectivity index (χ2n) is 6.08. The van der Waals surface area contributed by atoms with Gasteiger partial charge in [0.2, 0.25) is 0 Å². The quantitative estimate of drug-likeness (QED) is 0.943. The van der Waals surface area contributed by atoms with E-state index in [2.05, 4.69) is 47.0 Å². The maximum atomic E-state index is 6.40. The molecule has 3 rings (SSSR count). The zero-order chi connectivity index (χ0) is 15.5. The Bertz CT molecular complexity index is 618. The summed E-state index contributed by atoms with van der Waals surface area (Å²) in [6, 6.07) is 12.3. The highest BCUT2D eigenvalue weighted by atomic mass is 15.3. The van der Waals surface area contributed by atoms with Gasteiger partial charge in [-0.25, -0.2) is 4.98 Å². The number of aromatic nitrogens is 1. The fourth-order valence-electron chi connectivity index (χ4n) is 2.93. The molecule has 0 spiro atoms. The highest BCUT2D eigenvalue weighted by molar-refractivity contribution is 5.46. The predicted molar refractivity (Wildman–Crippen MR) is 91.2 cm³/mol. The monoisotopic (exact) mass is 296 g/mol. The molecule has 2 aromatic rings. The van der Waals surface area contributed by atoms with Crippen LogP contribution in [0.3, 0.4) is 0 Å². The van der Waals surface area contributed by atoms with Crippen LogP contribution in [0.4, 0.5) is 5.82 Å². The van der Waals surface area contributed by atoms with Gasteiger partial charge in [-0.05, 0) is 36.7 Å². The van der Waals surface area contributed by atoms with Gasteiger partial charge in [-0.1, -0.05) is 30.3 Å². The van der Waals surface area contributed by atoms with Crippen LogP contribution in [-0.2, 0) is 0 Å². The Kier molecular flexibility index (Phi) is 4.41. The van der Waals surface area contributed by atoms with Gasteiger partial charge in [0.15, 0.2) is 0 Å². The lowest BCUT2D eigenvalue weighted by Gasteiger charge is -2.33. The fraction of sp³-hybridized carbons (Fsp3) is 0.389. The maximum Gasteiger partial charge on any atom is 0.128 e. The Morgan fingerprint density at radius 1 is 1.09 bits per heavy atom. The molecule has 0 unspecified atom stereocenters. The van der Waals surface area contributed by atoms with Gasteiger partial charge in [-0.2, -0.15) is 0 Å². The zero-order valence-corrected chi connectivity index (χ0v) is 13.4. The second-order valence-corrected chi connectivity index (χ2v) is 6.08. The molecule has 2 N–H and O–H groups in total. The summed E-state index contributed by atoms with van der Waals surface area (Å²) in [7, 11) is 2.16. The first-order valence-electron chi connectivity index (χ1n) is 7.85. The molecular weight excluding hydrogens is 272 g/mol. The molecule has 1 aliphatic heterocycles. The van der Waals surface area contributed by atoms with E-state index in [1.807, 2.05) is 24.4 Å². The van der Waals surface area contributed by atoms with E-state index in [0.29, 0.717) is 0 Å². The molecule has 1 aliphatic rings. The lowest BCUT2D eigenvalue weighted by Crippen LogP contribution is -2.44. The summed E-state index contributed by atoms with van der Waals surface area (Å²) in [6.45, 7) is 6.37. The summed E-state index contributed by atoms with van der Waals surface area (Å²) in [5.41, 5.74) is 9.84. The van der Waals surface area contributed by atoms with Crippen molar-refractivity contribution in [2.24, 2.45) is 5.73 Å². The first-order chi connectivity index (χ1) is 10.6. The molecule has 0 bridgehead atoms. The van der Waals surface area contributed by atoms with Crippen LogP contribution in [0, 0.1) is 6.92 Å². The first-order valence-corrected chi connectivity index (χ1v) is 7.85. The number of anilines is 1. The van der Waals surface area contributed by atoms with Gasteiger partial charge in [0.05, 0.1) is 6.04 Å². The van der Waals surface area contributed by atoms with Crippen LogP contribution in [0.15, 0.2) is 42.6 Å². The van der Waals surface area contributed by atoms with E-state index in [9.17, 15) is 0 Å². The third-order valence-corrected chi connectivity index (χ3v) is 4.46. The van der Waals surface area contributed by atoms with Crippen LogP contribution in [0.2, 0.25) is 0 Å². The molecule has 0 amide bonds. The Morgan fingerprint density at radius 2 is 1.77 bits per heavy atom. The van der Waals surface area contributed by atoms with Crippen LogP contribution >= 0.6 is 0 Å². The number of rotatable bonds is 3. The van der Waals surface area contributed by atoms with Crippen molar-refractivity contribution in [3.63, 3.8) is 0 Å². The molecule has 1 atom stereocenters. The zero-order valence-electron chi connectivity index (χ0n) is 13.4. The molecule has 22 heavy (non-hydrogen) atoms. The SMILES string of the molecule is Cc1cc(N2CCN(C)CC2)ncc1[C@@H](N)c1ccccc1. The van der Waals surface area contributed by atoms with Gasteiger partial charge < -0.3 is 15.5 Å². The van der Waals surface area contributed by atoms with Crippen molar-refractivity contribution in [1.29, 1.82) is 0 Å². The van der Waals surface area contributed by atoms with Crippen LogP contribution < -0.4 is 10.6 Å². The normalized spacial score (nSPS) is 17.5. The molecule has 4 heteroatoms. The van der Waals surface area contributed by atoms with Crippen LogP contribution in [0.5, 0.6) is 0 Å². The van der Waals surface area contributed by atoms with Gasteiger partial charge >= 0.3 is 0 Å². The topological polar surface area (TPSA) is 45.4 Å². The van der Waals surface area contributed by atoms with Crippen molar-refractivity contribution in [3.8, 4) is 0 Å². The van der Waals surface area contributed by atoms with Gasteiger partial charge in [-0.3, -0.25) is 0 Å². The van der Waals surface area contributed by atoms with E-state index in [1.54, 1.807) is 0 Å². The standard InChI is InChI=1S/C18H24N4/c1-14-12-17(22-10-8-21(2)9-11-22)20-13-16(14)18(19)15-6-4-3-5-7-15/h3-7,12-13,18H,8-11,19H2,1-2H3/t18-/m0/s1. The summed E-state index contributed by atoms with van der Waals surface area (Å²) >= 11 is 0. The van der Waals surface area contributed by atoms with Crippen molar-refractivity contribution >= 4 is 5.82 Å². The minimum absolute atomic E-state index is 0.116. The predicted octanol–water partition coefficient (Wildman–Crippen LogP) is 2.19. The number of hydrogen-bond acceptors (Lipinski definition) is 4. The molecule has 0 aliphatic carbocycles. The lowest BCUT2D eigenvalue weighted by atomic mass is 9.97. The number of pyridine rings is 1. The minimum Gasteiger partial charge on any atom is -0.354 e. The number of hydrogen-bond donors (Lipinski definition) is 1. The highest BCUT2D eigenvalue weighted by Gasteiger charge is 2.17. The third-order valence-electron chi connectivity index (χ3n) is 4.46. The van der Waals surface area contributed by atoms with E-state index in [1.165, 1.54) is 5.56 Å². The number of likely N-dealkylation sites (N-methyl/N-ethyl adjacent to an activating group) is 1. The molecule has 2 heterocycles. The van der Waals surface area contributed by atoms with E-state index in [4.69, 9.17) is 5.73 Å². The van der Waals surface area contributed by atoms with Crippen molar-refractivity contribution in [2.75, 3.05) is 38.1 Å². The summed E-state index contributed by atoms with van der Waals surface area (Å²) in [4.78, 5) is 9.36. The second kappa shape index (κ2) is 6.46. The third kappa shape index (κ3) is 3.13. The summed E-state index contributed by atoms with van der Waals surface area (Å²) in [6.07, 6.45) is 1.95. The van der Waals surface area contributed by atoms with E-state index < -0.39 is 0 Å². The summed E-state index contributed by atoms with van der Waals surface area (Å²) in [5.74, 6) is 1.06. The van der Waals surface area contributed by atoms with Crippen LogP contribution in [-0.4, -0.2) is 43.1 Å². The van der Waals surface area contributed by atoms with Crippen molar-refractivity contribution in [1.82, 2.24) is 9.88 Å². The van der Waals surface area contributed by atoms with Gasteiger partial charge in [0.1, 0.15) is 5.82 Å². The molecule has 0 radical (unpaired) electrons. The fourth-order valence-corrected chi connectivity index (χ4v) is 2.93. The number of aryl methyl sites for hydroxylation is 1. The first kappa shape index (κ1) is 15.0. The van der Waals surface area contributed by atoms with E-state index >= 15 is 0 Å². The van der Waals surface area contributed by atoms with Crippen molar-refractivity contribution in [2.45, 2.75) is 13.0 Å². The van der Waals surface area contributed by atoms with E-state index in [-0.39, 0.29) is 6.04 Å². The van der Waals surface area contributed by atoms with Crippen molar-refractivity contribution in [3.05, 3.63) is 59.3 Å². The molecule has 1 saturated heterocycles. The molecule has 4 nitrogen and oxygen atoms in total. The Labute approximate surface area is 132 Å². The Balaban J connectivity index is 1.80. The number of piperazine rings is 1. The maximum absolute atomic E-state index is 6.40. The van der Waals surface area contributed by atoms with Gasteiger partial charge in [0, 0.05) is 32.4 Å². The summed E-state index contributed by atoms with van der Waals surface area (Å²) in [5, 5.41) is 0. The van der Waals surface area contributed by atoms with E-state index in [0.717, 1.165) is 43.1 Å². The largest absolute Gasteiger partial charge is 0.354 e. The molecule has 1 aromatic heterocycles. The smallest absolute Gasteiger partial charge is 0.128 e. The van der Waals surface area contributed by atoms with Gasteiger partial charge in [-0.15, -0.1) is 0 Å². The molecule has 0 saturated carbocycles. The lowest BCUT2D eigenvalue weighted by molar-refractivity contribution is 0.312.